The molecular formula is C17H14F5N3S. The molecule has 0 unspecified atom stereocenters. The molecule has 26 heavy (non-hydrogen) atoms. The summed E-state index contributed by atoms with van der Waals surface area (Å²) in [7, 11) is 1.63. The topological polar surface area (TPSA) is 30.7 Å². The van der Waals surface area contributed by atoms with Crippen molar-refractivity contribution in [3.8, 4) is 11.4 Å². The Hall–Kier alpha value is -2.16. The summed E-state index contributed by atoms with van der Waals surface area (Å²) in [6.45, 7) is 1.93. The molecule has 0 atom stereocenters. The first-order valence-electron chi connectivity index (χ1n) is 7.66. The van der Waals surface area contributed by atoms with Crippen LogP contribution in [0.1, 0.15) is 18.1 Å². The summed E-state index contributed by atoms with van der Waals surface area (Å²) in [6, 6.07) is 6.11. The van der Waals surface area contributed by atoms with Crippen molar-refractivity contribution in [2.45, 2.75) is 30.3 Å². The highest BCUT2D eigenvalue weighted by atomic mass is 32.1. The van der Waals surface area contributed by atoms with Crippen molar-refractivity contribution < 1.29 is 22.0 Å². The molecule has 2 heterocycles. The number of benzene rings is 1. The van der Waals surface area contributed by atoms with Crippen LogP contribution in [0.25, 0.3) is 22.6 Å². The van der Waals surface area contributed by atoms with E-state index in [-0.39, 0.29) is 11.2 Å². The molecule has 0 aliphatic heterocycles. The fourth-order valence-corrected chi connectivity index (χ4v) is 3.17. The Balaban J connectivity index is 2.20. The number of pyridine rings is 1. The minimum atomic E-state index is -5.70. The van der Waals surface area contributed by atoms with Gasteiger partial charge in [-0.3, -0.25) is 0 Å². The number of hydrogen-bond acceptors (Lipinski definition) is 3. The lowest BCUT2D eigenvalue weighted by Crippen LogP contribution is -2.33. The number of imidazole rings is 1. The molecular weight excluding hydrogens is 373 g/mol. The van der Waals surface area contributed by atoms with Crippen LogP contribution in [0.15, 0.2) is 35.4 Å². The Morgan fingerprint density at radius 2 is 1.85 bits per heavy atom. The van der Waals surface area contributed by atoms with Gasteiger partial charge in [-0.1, -0.05) is 19.1 Å². The number of alkyl halides is 5. The smallest absolute Gasteiger partial charge is 0.312 e. The van der Waals surface area contributed by atoms with Gasteiger partial charge >= 0.3 is 12.1 Å². The molecule has 0 aliphatic rings. The van der Waals surface area contributed by atoms with E-state index in [1.54, 1.807) is 23.7 Å². The minimum absolute atomic E-state index is 0.0319. The minimum Gasteiger partial charge on any atom is -0.312 e. The number of rotatable bonds is 3. The van der Waals surface area contributed by atoms with Gasteiger partial charge < -0.3 is 4.57 Å². The number of nitrogens with zero attached hydrogens (tertiary/aromatic N) is 3. The van der Waals surface area contributed by atoms with Gasteiger partial charge in [-0.05, 0) is 24.1 Å². The van der Waals surface area contributed by atoms with Gasteiger partial charge in [-0.2, -0.15) is 22.0 Å². The van der Waals surface area contributed by atoms with Crippen LogP contribution in [0.2, 0.25) is 0 Å². The summed E-state index contributed by atoms with van der Waals surface area (Å²) in [5.41, 5.74) is 0.574. The Morgan fingerprint density at radius 1 is 1.15 bits per heavy atom. The molecule has 3 aromatic rings. The standard InChI is InChI=1S/C17H14F5N3S/c1-3-10-11(5-4-6-13(10)26)14-24-12-7-9(8-23-15(12)25(14)2)16(18,19)17(20,21)22/h4-8,26H,3H2,1-2H3. The predicted molar refractivity (Wildman–Crippen MR) is 90.5 cm³/mol. The third kappa shape index (κ3) is 2.84. The first kappa shape index (κ1) is 18.6. The zero-order valence-electron chi connectivity index (χ0n) is 13.8. The molecule has 3 rings (SSSR count). The van der Waals surface area contributed by atoms with Crippen molar-refractivity contribution in [1.29, 1.82) is 0 Å². The number of thiol groups is 1. The molecule has 0 amide bonds. The molecule has 0 saturated carbocycles. The second-order valence-electron chi connectivity index (χ2n) is 5.79. The Kier molecular flexibility index (Phi) is 4.46. The van der Waals surface area contributed by atoms with Crippen LogP contribution in [-0.4, -0.2) is 20.7 Å². The zero-order chi connectivity index (χ0) is 19.3. The van der Waals surface area contributed by atoms with E-state index in [0.29, 0.717) is 18.4 Å². The van der Waals surface area contributed by atoms with Crippen molar-refractivity contribution in [2.75, 3.05) is 0 Å². The lowest BCUT2D eigenvalue weighted by molar-refractivity contribution is -0.289. The molecule has 0 N–H and O–H groups in total. The summed E-state index contributed by atoms with van der Waals surface area (Å²) in [5, 5.41) is 0. The molecule has 0 saturated heterocycles. The molecule has 3 nitrogen and oxygen atoms in total. The van der Waals surface area contributed by atoms with E-state index in [4.69, 9.17) is 0 Å². The molecule has 0 radical (unpaired) electrons. The van der Waals surface area contributed by atoms with Gasteiger partial charge in [-0.25, -0.2) is 9.97 Å². The van der Waals surface area contributed by atoms with Crippen molar-refractivity contribution >= 4 is 23.8 Å². The predicted octanol–water partition coefficient (Wildman–Crippen LogP) is 5.14. The molecule has 0 aliphatic carbocycles. The summed E-state index contributed by atoms with van der Waals surface area (Å²) < 4.78 is 66.5. The quantitative estimate of drug-likeness (QED) is 0.498. The summed E-state index contributed by atoms with van der Waals surface area (Å²) in [6.07, 6.45) is -4.50. The molecule has 2 aromatic heterocycles. The van der Waals surface area contributed by atoms with E-state index in [0.717, 1.165) is 22.1 Å². The number of aromatic nitrogens is 3. The van der Waals surface area contributed by atoms with E-state index in [2.05, 4.69) is 22.6 Å². The van der Waals surface area contributed by atoms with Crippen molar-refractivity contribution in [3.63, 3.8) is 0 Å². The van der Waals surface area contributed by atoms with Crippen LogP contribution < -0.4 is 0 Å². The summed E-state index contributed by atoms with van der Waals surface area (Å²) in [5.74, 6) is -4.57. The molecule has 9 heteroatoms. The van der Waals surface area contributed by atoms with Gasteiger partial charge in [0.25, 0.3) is 0 Å². The molecule has 0 fully saturated rings. The highest BCUT2D eigenvalue weighted by Crippen LogP contribution is 2.44. The van der Waals surface area contributed by atoms with E-state index >= 15 is 0 Å². The highest BCUT2D eigenvalue weighted by Gasteiger charge is 2.59. The van der Waals surface area contributed by atoms with Crippen LogP contribution >= 0.6 is 12.6 Å². The summed E-state index contributed by atoms with van der Waals surface area (Å²) in [4.78, 5) is 8.78. The third-order valence-electron chi connectivity index (χ3n) is 4.17. The van der Waals surface area contributed by atoms with E-state index < -0.39 is 17.7 Å². The monoisotopic (exact) mass is 387 g/mol. The summed E-state index contributed by atoms with van der Waals surface area (Å²) >= 11 is 4.40. The Labute approximate surface area is 151 Å². The van der Waals surface area contributed by atoms with Crippen molar-refractivity contribution in [3.05, 3.63) is 41.6 Å². The first-order valence-corrected chi connectivity index (χ1v) is 8.11. The van der Waals surface area contributed by atoms with Gasteiger partial charge in [0, 0.05) is 23.7 Å². The van der Waals surface area contributed by atoms with Gasteiger partial charge in [-0.15, -0.1) is 12.6 Å². The van der Waals surface area contributed by atoms with Crippen LogP contribution in [0, 0.1) is 0 Å². The molecule has 0 spiro atoms. The highest BCUT2D eigenvalue weighted by molar-refractivity contribution is 7.80. The van der Waals surface area contributed by atoms with Crippen LogP contribution in [0.3, 0.4) is 0 Å². The van der Waals surface area contributed by atoms with Crippen LogP contribution in [0.4, 0.5) is 22.0 Å². The molecule has 0 bridgehead atoms. The lowest BCUT2D eigenvalue weighted by Gasteiger charge is -2.19. The van der Waals surface area contributed by atoms with Crippen molar-refractivity contribution in [2.24, 2.45) is 7.05 Å². The van der Waals surface area contributed by atoms with E-state index in [1.807, 2.05) is 13.0 Å². The lowest BCUT2D eigenvalue weighted by atomic mass is 10.0. The van der Waals surface area contributed by atoms with Gasteiger partial charge in [0.15, 0.2) is 5.65 Å². The number of halogens is 5. The molecule has 138 valence electrons. The number of hydrogen-bond donors (Lipinski definition) is 1. The van der Waals surface area contributed by atoms with Crippen LogP contribution in [-0.2, 0) is 19.4 Å². The second kappa shape index (κ2) is 6.22. The maximum absolute atomic E-state index is 13.6. The van der Waals surface area contributed by atoms with E-state index in [1.165, 1.54) is 0 Å². The Bertz CT molecular complexity index is 978. The third-order valence-corrected chi connectivity index (χ3v) is 4.59. The Morgan fingerprint density at radius 3 is 2.46 bits per heavy atom. The van der Waals surface area contributed by atoms with E-state index in [9.17, 15) is 22.0 Å². The average Bonchev–Trinajstić information content (AvgIpc) is 2.90. The fraction of sp³-hybridized carbons (Fsp3) is 0.294. The maximum atomic E-state index is 13.6. The zero-order valence-corrected chi connectivity index (χ0v) is 14.7. The maximum Gasteiger partial charge on any atom is 0.458 e. The van der Waals surface area contributed by atoms with Crippen LogP contribution in [0.5, 0.6) is 0 Å². The largest absolute Gasteiger partial charge is 0.458 e. The second-order valence-corrected chi connectivity index (χ2v) is 6.27. The number of fused-ring (bicyclic) bond motifs is 1. The first-order chi connectivity index (χ1) is 12.1. The number of aryl methyl sites for hydroxylation is 1. The van der Waals surface area contributed by atoms with Crippen molar-refractivity contribution in [1.82, 2.24) is 14.5 Å². The van der Waals surface area contributed by atoms with Gasteiger partial charge in [0.2, 0.25) is 0 Å². The van der Waals surface area contributed by atoms with Gasteiger partial charge in [0.1, 0.15) is 11.3 Å². The normalized spacial score (nSPS) is 12.8. The fourth-order valence-electron chi connectivity index (χ4n) is 2.81. The molecule has 1 aromatic carbocycles. The van der Waals surface area contributed by atoms with Gasteiger partial charge in [0.05, 0.1) is 5.56 Å². The SMILES string of the molecule is CCc1c(S)cccc1-c1nc2cc(C(F)(F)C(F)(F)F)cnc2n1C. The average molecular weight is 387 g/mol.